The van der Waals surface area contributed by atoms with Crippen LogP contribution in [-0.2, 0) is 17.3 Å². The molecule has 2 aromatic rings. The Morgan fingerprint density at radius 2 is 1.91 bits per heavy atom. The van der Waals surface area contributed by atoms with Gasteiger partial charge >= 0.3 is 6.18 Å². The molecule has 33 heavy (non-hydrogen) atoms. The van der Waals surface area contributed by atoms with E-state index in [9.17, 15) is 13.2 Å². The Morgan fingerprint density at radius 3 is 2.61 bits per heavy atom. The van der Waals surface area contributed by atoms with E-state index in [0.29, 0.717) is 44.1 Å². The Balaban J connectivity index is 1.33. The molecule has 0 unspecified atom stereocenters. The molecule has 0 atom stereocenters. The minimum absolute atomic E-state index is 0.0885. The fraction of sp³-hybridized carbons (Fsp3) is 0.600. The number of piperidine rings is 1. The van der Waals surface area contributed by atoms with Gasteiger partial charge in [-0.2, -0.15) is 13.2 Å². The van der Waals surface area contributed by atoms with E-state index in [4.69, 9.17) is 4.74 Å². The number of halogens is 3. The molecule has 8 heteroatoms. The lowest BCUT2D eigenvalue weighted by Crippen LogP contribution is -2.47. The van der Waals surface area contributed by atoms with Crippen molar-refractivity contribution in [2.75, 3.05) is 18.0 Å². The van der Waals surface area contributed by atoms with Gasteiger partial charge in [-0.05, 0) is 75.5 Å². The summed E-state index contributed by atoms with van der Waals surface area (Å²) in [5.41, 5.74) is 1.31. The van der Waals surface area contributed by atoms with Crippen LogP contribution in [0.25, 0.3) is 5.65 Å². The van der Waals surface area contributed by atoms with Crippen molar-refractivity contribution in [3.63, 3.8) is 0 Å². The predicted octanol–water partition coefficient (Wildman–Crippen LogP) is 5.50. The predicted molar refractivity (Wildman–Crippen MR) is 119 cm³/mol. The fourth-order valence-corrected chi connectivity index (χ4v) is 6.05. The molecule has 2 aliphatic heterocycles. The van der Waals surface area contributed by atoms with Gasteiger partial charge in [0.1, 0.15) is 11.4 Å². The van der Waals surface area contributed by atoms with Crippen LogP contribution < -0.4 is 4.90 Å². The van der Waals surface area contributed by atoms with Crippen LogP contribution in [-0.4, -0.2) is 38.9 Å². The minimum atomic E-state index is -4.51. The van der Waals surface area contributed by atoms with E-state index in [2.05, 4.69) is 36.2 Å². The summed E-state index contributed by atoms with van der Waals surface area (Å²) in [6, 6.07) is 1.60. The van der Waals surface area contributed by atoms with Gasteiger partial charge in [-0.15, -0.1) is 10.2 Å². The highest BCUT2D eigenvalue weighted by atomic mass is 19.4. The smallest absolute Gasteiger partial charge is 0.371 e. The van der Waals surface area contributed by atoms with Gasteiger partial charge in [0.15, 0.2) is 5.65 Å². The van der Waals surface area contributed by atoms with Gasteiger partial charge in [0.2, 0.25) is 0 Å². The summed E-state index contributed by atoms with van der Waals surface area (Å²) < 4.78 is 51.0. The molecule has 5 nitrogen and oxygen atoms in total. The number of pyridine rings is 1. The van der Waals surface area contributed by atoms with E-state index in [1.54, 1.807) is 12.3 Å². The molecule has 4 aliphatic rings. The van der Waals surface area contributed by atoms with Gasteiger partial charge < -0.3 is 9.64 Å². The molecule has 1 saturated heterocycles. The molecular weight excluding hydrogens is 429 g/mol. The molecule has 4 heterocycles. The lowest BCUT2D eigenvalue weighted by molar-refractivity contribution is -0.136. The van der Waals surface area contributed by atoms with Crippen molar-refractivity contribution in [3.05, 3.63) is 46.9 Å². The average molecular weight is 459 g/mol. The second kappa shape index (κ2) is 7.08. The lowest BCUT2D eigenvalue weighted by Gasteiger charge is -2.43. The molecule has 2 fully saturated rings. The maximum Gasteiger partial charge on any atom is 0.422 e. The topological polar surface area (TPSA) is 42.7 Å². The van der Waals surface area contributed by atoms with Crippen LogP contribution in [0.2, 0.25) is 0 Å². The Morgan fingerprint density at radius 1 is 1.15 bits per heavy atom. The summed E-state index contributed by atoms with van der Waals surface area (Å²) in [4.78, 5) is 1.85. The lowest BCUT2D eigenvalue weighted by atomic mass is 9.79. The quantitative estimate of drug-likeness (QED) is 0.610. The van der Waals surface area contributed by atoms with Gasteiger partial charge in [-0.3, -0.25) is 4.40 Å². The van der Waals surface area contributed by atoms with E-state index in [0.717, 1.165) is 25.7 Å². The van der Waals surface area contributed by atoms with Crippen LogP contribution in [0.3, 0.4) is 0 Å². The fourth-order valence-electron chi connectivity index (χ4n) is 6.05. The van der Waals surface area contributed by atoms with Crippen molar-refractivity contribution < 1.29 is 17.9 Å². The highest BCUT2D eigenvalue weighted by molar-refractivity contribution is 5.67. The van der Waals surface area contributed by atoms with Crippen LogP contribution in [0.15, 0.2) is 35.6 Å². The van der Waals surface area contributed by atoms with Gasteiger partial charge in [0, 0.05) is 25.7 Å². The maximum atomic E-state index is 14.3. The third-order valence-corrected chi connectivity index (χ3v) is 7.83. The molecule has 0 aromatic carbocycles. The summed E-state index contributed by atoms with van der Waals surface area (Å²) in [6.07, 6.45) is 7.84. The first kappa shape index (κ1) is 21.2. The van der Waals surface area contributed by atoms with E-state index in [-0.39, 0.29) is 16.9 Å². The van der Waals surface area contributed by atoms with Crippen LogP contribution in [0.1, 0.15) is 63.8 Å². The molecule has 2 aliphatic carbocycles. The number of hydrogen-bond acceptors (Lipinski definition) is 4. The number of rotatable bonds is 3. The SMILES string of the molecule is CC1(C)OC2(CCN(c3ccn4c(CC5CC5)nnc4c3C(F)(F)F)CC2)C2=C1CCC=C2. The largest absolute Gasteiger partial charge is 0.422 e. The third-order valence-electron chi connectivity index (χ3n) is 7.83. The van der Waals surface area contributed by atoms with E-state index >= 15 is 0 Å². The van der Waals surface area contributed by atoms with Crippen LogP contribution in [0.4, 0.5) is 18.9 Å². The Hall–Kier alpha value is -2.35. The van der Waals surface area contributed by atoms with Crippen molar-refractivity contribution in [2.45, 2.75) is 76.2 Å². The summed E-state index contributed by atoms with van der Waals surface area (Å²) in [7, 11) is 0. The zero-order chi connectivity index (χ0) is 23.0. The first-order valence-corrected chi connectivity index (χ1v) is 12.0. The molecule has 176 valence electrons. The number of alkyl halides is 3. The Labute approximate surface area is 191 Å². The average Bonchev–Trinajstić information content (AvgIpc) is 3.46. The monoisotopic (exact) mass is 458 g/mol. The van der Waals surface area contributed by atoms with Crippen molar-refractivity contribution in [1.29, 1.82) is 0 Å². The standard InChI is InChI=1S/C25H29F3N4O/c1-23(2)17-5-3-4-6-18(17)24(33-23)10-13-31(14-11-24)19-9-12-32-20(15-16-7-8-16)29-30-22(32)21(19)25(26,27)28/h4,6,9,12,16H,3,5,7-8,10-11,13-15H2,1-2H3. The second-order valence-corrected chi connectivity index (χ2v) is 10.5. The number of nitrogens with zero attached hydrogens (tertiary/aromatic N) is 4. The van der Waals surface area contributed by atoms with Crippen LogP contribution in [0.5, 0.6) is 0 Å². The van der Waals surface area contributed by atoms with Crippen molar-refractivity contribution in [2.24, 2.45) is 5.92 Å². The zero-order valence-electron chi connectivity index (χ0n) is 19.1. The van der Waals surface area contributed by atoms with Crippen molar-refractivity contribution in [1.82, 2.24) is 14.6 Å². The van der Waals surface area contributed by atoms with Crippen LogP contribution >= 0.6 is 0 Å². The highest BCUT2D eigenvalue weighted by Crippen LogP contribution is 2.52. The normalized spacial score (nSPS) is 24.2. The minimum Gasteiger partial charge on any atom is -0.371 e. The number of fused-ring (bicyclic) bond motifs is 2. The molecule has 1 saturated carbocycles. The third kappa shape index (κ3) is 3.40. The Bertz CT molecular complexity index is 1160. The number of aromatic nitrogens is 3. The number of allylic oxidation sites excluding steroid dienone is 1. The van der Waals surface area contributed by atoms with Gasteiger partial charge in [0.05, 0.1) is 16.9 Å². The van der Waals surface area contributed by atoms with Crippen molar-refractivity contribution in [3.8, 4) is 0 Å². The number of ether oxygens (including phenoxy) is 1. The molecular formula is C25H29F3N4O. The maximum absolute atomic E-state index is 14.3. The van der Waals surface area contributed by atoms with Crippen LogP contribution in [0, 0.1) is 5.92 Å². The molecule has 1 spiro atoms. The van der Waals surface area contributed by atoms with Crippen molar-refractivity contribution >= 4 is 11.3 Å². The molecule has 0 amide bonds. The van der Waals surface area contributed by atoms with E-state index in [1.807, 2.05) is 4.90 Å². The summed E-state index contributed by atoms with van der Waals surface area (Å²) in [5, 5.41) is 8.11. The summed E-state index contributed by atoms with van der Waals surface area (Å²) >= 11 is 0. The molecule has 0 bridgehead atoms. The first-order valence-electron chi connectivity index (χ1n) is 12.0. The molecule has 2 aromatic heterocycles. The molecule has 6 rings (SSSR count). The summed E-state index contributed by atoms with van der Waals surface area (Å²) in [5.74, 6) is 1.14. The molecule has 0 N–H and O–H groups in total. The first-order chi connectivity index (χ1) is 15.7. The molecule has 0 radical (unpaired) electrons. The number of anilines is 1. The Kier molecular flexibility index (Phi) is 4.55. The van der Waals surface area contributed by atoms with Gasteiger partial charge in [-0.25, -0.2) is 0 Å². The van der Waals surface area contributed by atoms with Gasteiger partial charge in [0.25, 0.3) is 0 Å². The van der Waals surface area contributed by atoms with Gasteiger partial charge in [-0.1, -0.05) is 12.2 Å². The zero-order valence-corrected chi connectivity index (χ0v) is 19.1. The highest BCUT2D eigenvalue weighted by Gasteiger charge is 2.51. The second-order valence-electron chi connectivity index (χ2n) is 10.5. The van der Waals surface area contributed by atoms with E-state index in [1.165, 1.54) is 15.5 Å². The van der Waals surface area contributed by atoms with E-state index < -0.39 is 17.3 Å². The number of hydrogen-bond donors (Lipinski definition) is 0. The summed E-state index contributed by atoms with van der Waals surface area (Å²) in [6.45, 7) is 5.23.